The van der Waals surface area contributed by atoms with Gasteiger partial charge < -0.3 is 33.8 Å². The molecule has 104 heavy (non-hydrogen) atoms. The molecule has 3 N–H and O–H groups in total. The average molecular weight is 1520 g/mol. The van der Waals surface area contributed by atoms with Gasteiger partial charge in [-0.15, -0.1) is 0 Å². The highest BCUT2D eigenvalue weighted by Crippen LogP contribution is 2.45. The molecule has 0 aromatic heterocycles. The van der Waals surface area contributed by atoms with Crippen molar-refractivity contribution in [3.8, 4) is 0 Å². The molecule has 2 unspecified atom stereocenters. The minimum absolute atomic E-state index is 0.109. The number of rotatable bonds is 85. The van der Waals surface area contributed by atoms with E-state index in [4.69, 9.17) is 37.0 Å². The van der Waals surface area contributed by atoms with Crippen molar-refractivity contribution in [1.82, 2.24) is 0 Å². The molecule has 0 bridgehead atoms. The van der Waals surface area contributed by atoms with Crippen LogP contribution >= 0.6 is 15.6 Å². The lowest BCUT2D eigenvalue weighted by Gasteiger charge is -2.21. The van der Waals surface area contributed by atoms with Crippen molar-refractivity contribution in [3.05, 3.63) is 0 Å². The summed E-state index contributed by atoms with van der Waals surface area (Å²) in [6.45, 7) is 7.37. The molecule has 0 amide bonds. The van der Waals surface area contributed by atoms with Gasteiger partial charge in [0, 0.05) is 25.7 Å². The van der Waals surface area contributed by atoms with Crippen LogP contribution in [0.4, 0.5) is 0 Å². The third-order valence-corrected chi connectivity index (χ3v) is 21.9. The first kappa shape index (κ1) is 102. The van der Waals surface area contributed by atoms with Gasteiger partial charge >= 0.3 is 39.5 Å². The van der Waals surface area contributed by atoms with Crippen molar-refractivity contribution >= 4 is 39.5 Å². The van der Waals surface area contributed by atoms with Crippen LogP contribution in [-0.4, -0.2) is 96.7 Å². The normalized spacial score (nSPS) is 13.8. The fourth-order valence-electron chi connectivity index (χ4n) is 13.3. The molecular weight excluding hydrogens is 1350 g/mol. The quantitative estimate of drug-likeness (QED) is 0.0222. The highest BCUT2D eigenvalue weighted by atomic mass is 31.2. The van der Waals surface area contributed by atoms with E-state index in [-0.39, 0.29) is 25.7 Å². The highest BCUT2D eigenvalue weighted by Gasteiger charge is 2.30. The van der Waals surface area contributed by atoms with Gasteiger partial charge in [0.05, 0.1) is 26.4 Å². The van der Waals surface area contributed by atoms with Crippen LogP contribution in [0.5, 0.6) is 0 Å². The molecule has 0 aliphatic heterocycles. The lowest BCUT2D eigenvalue weighted by molar-refractivity contribution is -0.161. The molecule has 0 spiro atoms. The van der Waals surface area contributed by atoms with Gasteiger partial charge in [0.2, 0.25) is 0 Å². The summed E-state index contributed by atoms with van der Waals surface area (Å²) in [4.78, 5) is 73.1. The molecule has 0 radical (unpaired) electrons. The summed E-state index contributed by atoms with van der Waals surface area (Å²) >= 11 is 0. The molecule has 0 saturated heterocycles. The van der Waals surface area contributed by atoms with Gasteiger partial charge in [-0.3, -0.25) is 37.3 Å². The van der Waals surface area contributed by atoms with Gasteiger partial charge in [-0.1, -0.05) is 407 Å². The Morgan fingerprint density at radius 1 is 0.260 bits per heavy atom. The Morgan fingerprint density at radius 3 is 0.654 bits per heavy atom. The average Bonchev–Trinajstić information content (AvgIpc) is 0.906. The van der Waals surface area contributed by atoms with E-state index < -0.39 is 97.5 Å². The third-order valence-electron chi connectivity index (χ3n) is 20.0. The lowest BCUT2D eigenvalue weighted by Crippen LogP contribution is -2.30. The van der Waals surface area contributed by atoms with Crippen LogP contribution in [0.2, 0.25) is 0 Å². The van der Waals surface area contributed by atoms with Gasteiger partial charge in [0.15, 0.2) is 12.2 Å². The van der Waals surface area contributed by atoms with E-state index in [2.05, 4.69) is 34.6 Å². The number of phosphoric ester groups is 2. The Balaban J connectivity index is 5.20. The van der Waals surface area contributed by atoms with Crippen LogP contribution in [0.3, 0.4) is 0 Å². The maximum Gasteiger partial charge on any atom is 0.472 e. The summed E-state index contributed by atoms with van der Waals surface area (Å²) < 4.78 is 68.8. The van der Waals surface area contributed by atoms with Crippen molar-refractivity contribution in [1.29, 1.82) is 0 Å². The monoisotopic (exact) mass is 1520 g/mol. The molecule has 618 valence electrons. The van der Waals surface area contributed by atoms with E-state index in [9.17, 15) is 43.2 Å². The standard InChI is InChI=1S/C85H166O17P2/c1-6-9-12-15-18-21-23-25-27-28-29-30-31-32-33-37-42-46-51-56-61-66-71-85(90)102-81(75-96-83(88)69-64-59-54-49-44-40-38-34-36-39-43-48-52-57-62-67-78(4)5)77-100-104(93,94)98-73-79(86)72-97-103(91,92)99-76-80(74-95-82(87)68-63-58-53-47-20-17-14-11-8-3)101-84(89)70-65-60-55-50-45-41-35-26-24-22-19-16-13-10-7-2/h78-81,86H,6-77H2,1-5H3,(H,91,92)(H,93,94)/t79-,80+,81+/m0/s1. The highest BCUT2D eigenvalue weighted by molar-refractivity contribution is 7.47. The second-order valence-corrected chi connectivity index (χ2v) is 34.0. The Labute approximate surface area is 638 Å². The van der Waals surface area contributed by atoms with E-state index in [0.29, 0.717) is 25.7 Å². The molecule has 0 aromatic rings. The number of aliphatic hydroxyl groups is 1. The second kappa shape index (κ2) is 77.8. The number of hydrogen-bond acceptors (Lipinski definition) is 15. The summed E-state index contributed by atoms with van der Waals surface area (Å²) in [5, 5.41) is 10.7. The van der Waals surface area contributed by atoms with Gasteiger partial charge in [0.25, 0.3) is 0 Å². The SMILES string of the molecule is CCCCCCCCCCCCCCCCCCCCCCCCC(=O)O[C@H](COC(=O)CCCCCCCCCCCCCCCCCC(C)C)COP(=O)(O)OC[C@@H](O)COP(=O)(O)OC[C@@H](COC(=O)CCCCCCCCCCC)OC(=O)CCCCCCCCCCCCCCCCC. The van der Waals surface area contributed by atoms with Gasteiger partial charge in [-0.25, -0.2) is 9.13 Å². The Kier molecular flexibility index (Phi) is 76.3. The Morgan fingerprint density at radius 2 is 0.442 bits per heavy atom. The maximum absolute atomic E-state index is 13.1. The minimum Gasteiger partial charge on any atom is -0.462 e. The first-order valence-corrected chi connectivity index (χ1v) is 47.1. The van der Waals surface area contributed by atoms with Crippen LogP contribution in [0.1, 0.15) is 458 Å². The summed E-state index contributed by atoms with van der Waals surface area (Å²) in [5.74, 6) is -1.30. The Hall–Kier alpha value is -1.94. The molecule has 17 nitrogen and oxygen atoms in total. The molecule has 0 rings (SSSR count). The third kappa shape index (κ3) is 78.2. The summed E-state index contributed by atoms with van der Waals surface area (Å²) in [7, 11) is -9.92. The fraction of sp³-hybridized carbons (Fsp3) is 0.953. The fourth-order valence-corrected chi connectivity index (χ4v) is 14.9. The molecular formula is C85H166O17P2. The van der Waals surface area contributed by atoms with Gasteiger partial charge in [-0.05, 0) is 31.6 Å². The summed E-state index contributed by atoms with van der Waals surface area (Å²) in [5.41, 5.74) is 0. The number of carbonyl (C=O) groups excluding carboxylic acids is 4. The number of carbonyl (C=O) groups is 4. The van der Waals surface area contributed by atoms with Crippen LogP contribution < -0.4 is 0 Å². The molecule has 5 atom stereocenters. The van der Waals surface area contributed by atoms with Crippen molar-refractivity contribution in [2.45, 2.75) is 477 Å². The molecule has 0 heterocycles. The number of phosphoric acid groups is 2. The largest absolute Gasteiger partial charge is 0.472 e. The lowest BCUT2D eigenvalue weighted by atomic mass is 10.0. The number of hydrogen-bond donors (Lipinski definition) is 3. The summed E-state index contributed by atoms with van der Waals surface area (Å²) in [6.07, 6.45) is 70.9. The van der Waals surface area contributed by atoms with E-state index >= 15 is 0 Å². The van der Waals surface area contributed by atoms with Crippen LogP contribution in [-0.2, 0) is 65.4 Å². The van der Waals surface area contributed by atoms with E-state index in [1.54, 1.807) is 0 Å². The van der Waals surface area contributed by atoms with Crippen LogP contribution in [0.25, 0.3) is 0 Å². The van der Waals surface area contributed by atoms with Gasteiger partial charge in [-0.2, -0.15) is 0 Å². The number of unbranched alkanes of at least 4 members (excludes halogenated alkanes) is 57. The Bertz CT molecular complexity index is 1980. The van der Waals surface area contributed by atoms with Crippen molar-refractivity contribution in [2.24, 2.45) is 5.92 Å². The first-order chi connectivity index (χ1) is 50.5. The van der Waals surface area contributed by atoms with Crippen molar-refractivity contribution < 1.29 is 80.2 Å². The zero-order chi connectivity index (χ0) is 76.2. The maximum atomic E-state index is 13.1. The van der Waals surface area contributed by atoms with Crippen LogP contribution in [0.15, 0.2) is 0 Å². The van der Waals surface area contributed by atoms with Crippen molar-refractivity contribution in [3.63, 3.8) is 0 Å². The number of aliphatic hydroxyl groups excluding tert-OH is 1. The minimum atomic E-state index is -4.96. The molecule has 0 fully saturated rings. The molecule has 0 aliphatic carbocycles. The smallest absolute Gasteiger partial charge is 0.462 e. The molecule has 0 aromatic carbocycles. The first-order valence-electron chi connectivity index (χ1n) is 44.1. The molecule has 0 saturated carbocycles. The van der Waals surface area contributed by atoms with Crippen LogP contribution in [0, 0.1) is 5.92 Å². The predicted molar refractivity (Wildman–Crippen MR) is 428 cm³/mol. The second-order valence-electron chi connectivity index (χ2n) is 31.1. The molecule has 19 heteroatoms. The summed E-state index contributed by atoms with van der Waals surface area (Å²) in [6, 6.07) is 0. The van der Waals surface area contributed by atoms with E-state index in [0.717, 1.165) is 95.8 Å². The zero-order valence-corrected chi connectivity index (χ0v) is 70.0. The van der Waals surface area contributed by atoms with E-state index in [1.165, 1.54) is 283 Å². The zero-order valence-electron chi connectivity index (χ0n) is 68.2. The number of ether oxygens (including phenoxy) is 4. The number of esters is 4. The topological polar surface area (TPSA) is 237 Å². The van der Waals surface area contributed by atoms with Crippen molar-refractivity contribution in [2.75, 3.05) is 39.6 Å². The van der Waals surface area contributed by atoms with E-state index in [1.807, 2.05) is 0 Å². The molecule has 0 aliphatic rings. The van der Waals surface area contributed by atoms with Gasteiger partial charge in [0.1, 0.15) is 19.3 Å². The predicted octanol–water partition coefficient (Wildman–Crippen LogP) is 26.0.